The topological polar surface area (TPSA) is 92.6 Å². The lowest BCUT2D eigenvalue weighted by atomic mass is 10.2. The second kappa shape index (κ2) is 9.84. The van der Waals surface area contributed by atoms with Gasteiger partial charge in [-0.15, -0.1) is 0 Å². The van der Waals surface area contributed by atoms with Gasteiger partial charge in [0.05, 0.1) is 0 Å². The molecule has 0 spiro atoms. The number of aryl methyl sites for hydroxylation is 2. The van der Waals surface area contributed by atoms with Crippen LogP contribution in [0.25, 0.3) is 4.96 Å². The zero-order valence-electron chi connectivity index (χ0n) is 18.0. The van der Waals surface area contributed by atoms with Gasteiger partial charge in [-0.1, -0.05) is 42.9 Å². The van der Waals surface area contributed by atoms with E-state index in [0.717, 1.165) is 26.9 Å². The Hall–Kier alpha value is -3.05. The molecule has 2 heterocycles. The number of hydrogen-bond donors (Lipinski definition) is 2. The summed E-state index contributed by atoms with van der Waals surface area (Å²) in [5.41, 5.74) is 2.30. The maximum absolute atomic E-state index is 13.4. The van der Waals surface area contributed by atoms with E-state index in [4.69, 9.17) is 0 Å². The van der Waals surface area contributed by atoms with Crippen molar-refractivity contribution in [3.05, 3.63) is 90.3 Å². The third-order valence-electron chi connectivity index (χ3n) is 4.97. The molecule has 4 rings (SSSR count). The first-order chi connectivity index (χ1) is 15.9. The first kappa shape index (κ1) is 23.1. The van der Waals surface area contributed by atoms with E-state index < -0.39 is 11.8 Å². The molecule has 0 saturated heterocycles. The van der Waals surface area contributed by atoms with Crippen molar-refractivity contribution in [3.8, 4) is 0 Å². The first-order valence-electron chi connectivity index (χ1n) is 10.4. The van der Waals surface area contributed by atoms with Crippen molar-refractivity contribution in [1.29, 1.82) is 0 Å². The van der Waals surface area contributed by atoms with Gasteiger partial charge in [0.2, 0.25) is 0 Å². The van der Waals surface area contributed by atoms with Gasteiger partial charge in [-0.25, -0.2) is 9.38 Å². The third-order valence-corrected chi connectivity index (χ3v) is 6.68. The predicted molar refractivity (Wildman–Crippen MR) is 140 cm³/mol. The molecule has 0 saturated carbocycles. The van der Waals surface area contributed by atoms with Crippen LogP contribution in [0.4, 0.5) is 11.4 Å². The minimum atomic E-state index is -0.545. The number of carbonyl (C=O) groups excluding carboxylic acids is 2. The normalized spacial score (nSPS) is 10.9. The molecule has 2 aromatic heterocycles. The smallest absolute Gasteiger partial charge is 0.274 e. The molecule has 2 aromatic carbocycles. The highest BCUT2D eigenvalue weighted by Crippen LogP contribution is 2.25. The minimum Gasteiger partial charge on any atom is -0.321 e. The quantitative estimate of drug-likeness (QED) is 0.314. The van der Waals surface area contributed by atoms with Gasteiger partial charge >= 0.3 is 0 Å². The van der Waals surface area contributed by atoms with Crippen molar-refractivity contribution in [2.75, 3.05) is 10.6 Å². The lowest BCUT2D eigenvalue weighted by Crippen LogP contribution is -2.25. The van der Waals surface area contributed by atoms with Gasteiger partial charge in [0, 0.05) is 26.7 Å². The SMILES string of the molecule is CCCc1cc(=O)n2c(C(=O)Nc3ccc(I)cc3C)c(C(=O)Nc3ccccc3)sc2n1. The van der Waals surface area contributed by atoms with Crippen LogP contribution in [0.3, 0.4) is 0 Å². The summed E-state index contributed by atoms with van der Waals surface area (Å²) in [6.07, 6.45) is 1.47. The predicted octanol–water partition coefficient (Wildman–Crippen LogP) is 5.13. The zero-order valence-corrected chi connectivity index (χ0v) is 21.0. The molecule has 9 heteroatoms. The molecule has 33 heavy (non-hydrogen) atoms. The monoisotopic (exact) mass is 572 g/mol. The molecular weight excluding hydrogens is 551 g/mol. The maximum atomic E-state index is 13.4. The number of anilines is 2. The molecular formula is C24H21IN4O3S. The van der Waals surface area contributed by atoms with Crippen LogP contribution in [0.1, 0.15) is 44.8 Å². The van der Waals surface area contributed by atoms with Crippen molar-refractivity contribution in [3.63, 3.8) is 0 Å². The number of amides is 2. The van der Waals surface area contributed by atoms with Gasteiger partial charge in [0.1, 0.15) is 10.6 Å². The van der Waals surface area contributed by atoms with E-state index in [1.54, 1.807) is 30.3 Å². The third kappa shape index (κ3) is 4.98. The number of halogens is 1. The summed E-state index contributed by atoms with van der Waals surface area (Å²) in [6.45, 7) is 3.89. The summed E-state index contributed by atoms with van der Waals surface area (Å²) in [4.78, 5) is 44.5. The van der Waals surface area contributed by atoms with Crippen LogP contribution in [0, 0.1) is 10.5 Å². The molecule has 2 N–H and O–H groups in total. The molecule has 0 atom stereocenters. The number of hydrogen-bond acceptors (Lipinski definition) is 5. The van der Waals surface area contributed by atoms with Crippen LogP contribution >= 0.6 is 33.9 Å². The molecule has 168 valence electrons. The Bertz CT molecular complexity index is 1410. The number of rotatable bonds is 6. The molecule has 0 bridgehead atoms. The Morgan fingerprint density at radius 1 is 1.06 bits per heavy atom. The number of fused-ring (bicyclic) bond motifs is 1. The largest absolute Gasteiger partial charge is 0.321 e. The number of para-hydroxylation sites is 1. The zero-order chi connectivity index (χ0) is 23.5. The van der Waals surface area contributed by atoms with E-state index >= 15 is 0 Å². The summed E-state index contributed by atoms with van der Waals surface area (Å²) in [6, 6.07) is 16.0. The molecule has 0 aliphatic carbocycles. The van der Waals surface area contributed by atoms with Gasteiger partial charge in [0.15, 0.2) is 4.96 Å². The second-order valence-corrected chi connectivity index (χ2v) is 9.69. The van der Waals surface area contributed by atoms with Gasteiger partial charge < -0.3 is 10.6 Å². The fourth-order valence-electron chi connectivity index (χ4n) is 3.42. The summed E-state index contributed by atoms with van der Waals surface area (Å²) in [5, 5.41) is 5.66. The highest BCUT2D eigenvalue weighted by molar-refractivity contribution is 14.1. The number of thiazole rings is 1. The van der Waals surface area contributed by atoms with Crippen LogP contribution in [-0.2, 0) is 6.42 Å². The molecule has 0 aliphatic heterocycles. The highest BCUT2D eigenvalue weighted by atomic mass is 127. The van der Waals surface area contributed by atoms with Crippen molar-refractivity contribution in [2.24, 2.45) is 0 Å². The van der Waals surface area contributed by atoms with Gasteiger partial charge in [-0.3, -0.25) is 14.4 Å². The van der Waals surface area contributed by atoms with Gasteiger partial charge in [-0.2, -0.15) is 0 Å². The Kier molecular flexibility index (Phi) is 6.89. The molecule has 4 aromatic rings. The summed E-state index contributed by atoms with van der Waals surface area (Å²) < 4.78 is 2.26. The number of nitrogens with zero attached hydrogens (tertiary/aromatic N) is 2. The Morgan fingerprint density at radius 2 is 1.82 bits per heavy atom. The fraction of sp³-hybridized carbons (Fsp3) is 0.167. The highest BCUT2D eigenvalue weighted by Gasteiger charge is 2.26. The number of benzene rings is 2. The average Bonchev–Trinajstić information content (AvgIpc) is 3.17. The van der Waals surface area contributed by atoms with Gasteiger partial charge in [0.25, 0.3) is 17.4 Å². The Labute approximate surface area is 208 Å². The van der Waals surface area contributed by atoms with E-state index in [-0.39, 0.29) is 16.1 Å². The minimum absolute atomic E-state index is 0.0260. The maximum Gasteiger partial charge on any atom is 0.274 e. The molecule has 2 amide bonds. The van der Waals surface area contributed by atoms with E-state index in [1.807, 2.05) is 32.0 Å². The Morgan fingerprint density at radius 3 is 2.52 bits per heavy atom. The number of aromatic nitrogens is 2. The fourth-order valence-corrected chi connectivity index (χ4v) is 5.11. The van der Waals surface area contributed by atoms with Crippen LogP contribution in [0.2, 0.25) is 0 Å². The summed E-state index contributed by atoms with van der Waals surface area (Å²) >= 11 is 3.23. The molecule has 0 aliphatic rings. The molecule has 0 radical (unpaired) electrons. The van der Waals surface area contributed by atoms with Crippen molar-refractivity contribution in [2.45, 2.75) is 26.7 Å². The molecule has 7 nitrogen and oxygen atoms in total. The lowest BCUT2D eigenvalue weighted by Gasteiger charge is -2.10. The van der Waals surface area contributed by atoms with E-state index in [9.17, 15) is 14.4 Å². The van der Waals surface area contributed by atoms with Crippen LogP contribution < -0.4 is 16.2 Å². The van der Waals surface area contributed by atoms with Crippen LogP contribution in [-0.4, -0.2) is 21.2 Å². The van der Waals surface area contributed by atoms with E-state index in [1.165, 1.54) is 10.5 Å². The van der Waals surface area contributed by atoms with Crippen molar-refractivity contribution < 1.29 is 9.59 Å². The number of carbonyl (C=O) groups is 2. The Balaban J connectivity index is 1.82. The summed E-state index contributed by atoms with van der Waals surface area (Å²) in [7, 11) is 0. The molecule has 0 unspecified atom stereocenters. The van der Waals surface area contributed by atoms with Crippen LogP contribution in [0.5, 0.6) is 0 Å². The lowest BCUT2D eigenvalue weighted by molar-refractivity contribution is 0.0989. The van der Waals surface area contributed by atoms with Crippen molar-refractivity contribution in [1.82, 2.24) is 9.38 Å². The molecule has 0 fully saturated rings. The van der Waals surface area contributed by atoms with E-state index in [2.05, 4.69) is 38.2 Å². The second-order valence-electron chi connectivity index (χ2n) is 7.47. The van der Waals surface area contributed by atoms with E-state index in [0.29, 0.717) is 28.5 Å². The number of nitrogens with one attached hydrogen (secondary N) is 2. The average molecular weight is 572 g/mol. The summed E-state index contributed by atoms with van der Waals surface area (Å²) in [5.74, 6) is -1.02. The van der Waals surface area contributed by atoms with Gasteiger partial charge in [-0.05, 0) is 71.8 Å². The van der Waals surface area contributed by atoms with Crippen molar-refractivity contribution >= 4 is 62.1 Å². The first-order valence-corrected chi connectivity index (χ1v) is 12.3. The van der Waals surface area contributed by atoms with Crippen LogP contribution in [0.15, 0.2) is 59.4 Å². The standard InChI is InChI=1S/C24H21IN4O3S/c1-3-7-17-13-19(30)29-20(22(31)28-18-11-10-15(25)12-14(18)2)21(33-24(29)27-17)23(32)26-16-8-5-4-6-9-16/h4-6,8-13H,3,7H2,1-2H3,(H,26,32)(H,28,31).